The van der Waals surface area contributed by atoms with Crippen LogP contribution in [0.15, 0.2) is 33.6 Å². The van der Waals surface area contributed by atoms with Crippen LogP contribution < -0.4 is 10.0 Å². The van der Waals surface area contributed by atoms with Crippen molar-refractivity contribution in [3.8, 4) is 0 Å². The van der Waals surface area contributed by atoms with Crippen LogP contribution in [0.3, 0.4) is 0 Å². The van der Waals surface area contributed by atoms with Crippen molar-refractivity contribution in [3.05, 3.63) is 28.7 Å². The van der Waals surface area contributed by atoms with Gasteiger partial charge in [0.2, 0.25) is 15.9 Å². The van der Waals surface area contributed by atoms with Crippen molar-refractivity contribution in [2.24, 2.45) is 0 Å². The van der Waals surface area contributed by atoms with Gasteiger partial charge >= 0.3 is 0 Å². The minimum absolute atomic E-state index is 0.145. The molecule has 5 nitrogen and oxygen atoms in total. The number of amides is 1. The smallest absolute Gasteiger partial charge is 0.242 e. The van der Waals surface area contributed by atoms with Crippen LogP contribution in [0.2, 0.25) is 0 Å². The van der Waals surface area contributed by atoms with Crippen LogP contribution in [0, 0.1) is 0 Å². The first kappa shape index (κ1) is 14.5. The zero-order valence-corrected chi connectivity index (χ0v) is 12.6. The molecule has 1 atom stereocenters. The Hall–Kier alpha value is -0.920. The summed E-state index contributed by atoms with van der Waals surface area (Å²) in [4.78, 5) is 11.9. The average Bonchev–Trinajstić information content (AvgIpc) is 2.55. The van der Waals surface area contributed by atoms with Crippen molar-refractivity contribution in [2.75, 3.05) is 6.54 Å². The van der Waals surface area contributed by atoms with Crippen LogP contribution in [-0.4, -0.2) is 26.9 Å². The van der Waals surface area contributed by atoms with Gasteiger partial charge in [0.15, 0.2) is 0 Å². The molecule has 19 heavy (non-hydrogen) atoms. The number of benzene rings is 1. The van der Waals surface area contributed by atoms with Crippen molar-refractivity contribution in [2.45, 2.75) is 30.2 Å². The van der Waals surface area contributed by atoms with Crippen molar-refractivity contribution in [1.82, 2.24) is 10.0 Å². The van der Waals surface area contributed by atoms with E-state index in [9.17, 15) is 13.2 Å². The van der Waals surface area contributed by atoms with Gasteiger partial charge in [-0.2, -0.15) is 4.72 Å². The predicted molar refractivity (Wildman–Crippen MR) is 75.1 cm³/mol. The van der Waals surface area contributed by atoms with Gasteiger partial charge in [-0.3, -0.25) is 4.79 Å². The molecule has 104 valence electrons. The zero-order chi connectivity index (χ0) is 13.9. The summed E-state index contributed by atoms with van der Waals surface area (Å²) in [5.41, 5.74) is 0. The van der Waals surface area contributed by atoms with Crippen LogP contribution in [0.25, 0.3) is 0 Å². The minimum atomic E-state index is -3.70. The number of sulfonamides is 1. The van der Waals surface area contributed by atoms with Crippen LogP contribution in [0.1, 0.15) is 19.3 Å². The third kappa shape index (κ3) is 3.55. The molecule has 1 aliphatic rings. The van der Waals surface area contributed by atoms with E-state index in [0.717, 1.165) is 12.8 Å². The molecule has 1 aromatic carbocycles. The molecule has 0 aromatic heterocycles. The van der Waals surface area contributed by atoms with E-state index in [-0.39, 0.29) is 10.8 Å². The molecule has 0 bridgehead atoms. The van der Waals surface area contributed by atoms with Crippen molar-refractivity contribution >= 4 is 31.9 Å². The highest BCUT2D eigenvalue weighted by Crippen LogP contribution is 2.21. The molecule has 1 saturated heterocycles. The van der Waals surface area contributed by atoms with Gasteiger partial charge in [-0.1, -0.05) is 12.1 Å². The second-order valence-electron chi connectivity index (χ2n) is 4.39. The summed E-state index contributed by atoms with van der Waals surface area (Å²) in [6.07, 6.45) is 2.22. The number of hydrogen-bond acceptors (Lipinski definition) is 3. The van der Waals surface area contributed by atoms with Gasteiger partial charge in [0.1, 0.15) is 6.04 Å². The lowest BCUT2D eigenvalue weighted by atomic mass is 10.1. The lowest BCUT2D eigenvalue weighted by Crippen LogP contribution is -2.45. The summed E-state index contributed by atoms with van der Waals surface area (Å²) in [6.45, 7) is 0.603. The molecule has 0 spiro atoms. The summed E-state index contributed by atoms with van der Waals surface area (Å²) >= 11 is 3.21. The number of halogens is 1. The standard InChI is InChI=1S/C12H15BrN2O3S/c13-9-5-1-2-7-11(9)19(17,18)15-10-6-3-4-8-14-12(10)16/h1-2,5,7,10,15H,3-4,6,8H2,(H,14,16)/t10-/m1/s1. The largest absolute Gasteiger partial charge is 0.355 e. The van der Waals surface area contributed by atoms with Gasteiger partial charge in [0.05, 0.1) is 4.90 Å². The SMILES string of the molecule is O=C1NCCCC[C@H]1NS(=O)(=O)c1ccccc1Br. The normalized spacial score (nSPS) is 20.7. The first-order chi connectivity index (χ1) is 9.00. The molecule has 7 heteroatoms. The number of carbonyl (C=O) groups excluding carboxylic acids is 1. The molecule has 0 aliphatic carbocycles. The number of nitrogens with one attached hydrogen (secondary N) is 2. The Kier molecular flexibility index (Phi) is 4.59. The van der Waals surface area contributed by atoms with Crippen molar-refractivity contribution < 1.29 is 13.2 Å². The third-order valence-electron chi connectivity index (χ3n) is 2.96. The minimum Gasteiger partial charge on any atom is -0.355 e. The van der Waals surface area contributed by atoms with Gasteiger partial charge in [0.25, 0.3) is 0 Å². The van der Waals surface area contributed by atoms with Crippen molar-refractivity contribution in [1.29, 1.82) is 0 Å². The molecule has 1 aliphatic heterocycles. The first-order valence-corrected chi connectivity index (χ1v) is 8.33. The lowest BCUT2D eigenvalue weighted by molar-refractivity contribution is -0.122. The van der Waals surface area contributed by atoms with Crippen LogP contribution in [0.4, 0.5) is 0 Å². The summed E-state index contributed by atoms with van der Waals surface area (Å²) in [5, 5.41) is 2.71. The molecule has 1 heterocycles. The van der Waals surface area contributed by atoms with E-state index in [4.69, 9.17) is 0 Å². The molecule has 0 unspecified atom stereocenters. The highest BCUT2D eigenvalue weighted by molar-refractivity contribution is 9.10. The monoisotopic (exact) mass is 346 g/mol. The second-order valence-corrected chi connectivity index (χ2v) is 6.93. The Morgan fingerprint density at radius 1 is 1.26 bits per heavy atom. The number of rotatable bonds is 3. The highest BCUT2D eigenvalue weighted by atomic mass is 79.9. The van der Waals surface area contributed by atoms with Gasteiger partial charge < -0.3 is 5.32 Å². The molecule has 1 fully saturated rings. The van der Waals surface area contributed by atoms with Crippen LogP contribution in [-0.2, 0) is 14.8 Å². The predicted octanol–water partition coefficient (Wildman–Crippen LogP) is 1.40. The maximum Gasteiger partial charge on any atom is 0.242 e. The van der Waals surface area contributed by atoms with Crippen LogP contribution in [0.5, 0.6) is 0 Å². The van der Waals surface area contributed by atoms with Gasteiger partial charge in [0, 0.05) is 11.0 Å². The molecular formula is C12H15BrN2O3S. The molecule has 0 saturated carbocycles. The molecule has 2 rings (SSSR count). The molecule has 1 amide bonds. The first-order valence-electron chi connectivity index (χ1n) is 6.05. The average molecular weight is 347 g/mol. The molecule has 0 radical (unpaired) electrons. The highest BCUT2D eigenvalue weighted by Gasteiger charge is 2.27. The Labute approximate surface area is 121 Å². The number of hydrogen-bond donors (Lipinski definition) is 2. The fraction of sp³-hybridized carbons (Fsp3) is 0.417. The van der Waals surface area contributed by atoms with E-state index < -0.39 is 16.1 Å². The maximum absolute atomic E-state index is 12.3. The fourth-order valence-electron chi connectivity index (χ4n) is 1.97. The van der Waals surface area contributed by atoms with E-state index in [1.165, 1.54) is 6.07 Å². The summed E-state index contributed by atoms with van der Waals surface area (Å²) in [7, 11) is -3.70. The summed E-state index contributed by atoms with van der Waals surface area (Å²) < 4.78 is 27.5. The van der Waals surface area contributed by atoms with Gasteiger partial charge in [-0.15, -0.1) is 0 Å². The number of carbonyl (C=O) groups is 1. The Bertz CT molecular complexity index is 574. The van der Waals surface area contributed by atoms with E-state index in [2.05, 4.69) is 26.0 Å². The zero-order valence-electron chi connectivity index (χ0n) is 10.2. The lowest BCUT2D eigenvalue weighted by Gasteiger charge is -2.16. The summed E-state index contributed by atoms with van der Waals surface area (Å²) in [6, 6.07) is 5.84. The summed E-state index contributed by atoms with van der Waals surface area (Å²) in [5.74, 6) is -0.256. The van der Waals surface area contributed by atoms with Crippen LogP contribution >= 0.6 is 15.9 Å². The van der Waals surface area contributed by atoms with Crippen molar-refractivity contribution in [3.63, 3.8) is 0 Å². The second kappa shape index (κ2) is 6.02. The Morgan fingerprint density at radius 2 is 2.00 bits per heavy atom. The van der Waals surface area contributed by atoms with Gasteiger partial charge in [-0.05, 0) is 47.3 Å². The molecule has 1 aromatic rings. The molecular weight excluding hydrogens is 332 g/mol. The van der Waals surface area contributed by atoms with E-state index in [1.807, 2.05) is 0 Å². The third-order valence-corrected chi connectivity index (χ3v) is 5.44. The van der Waals surface area contributed by atoms with E-state index >= 15 is 0 Å². The fourth-order valence-corrected chi connectivity index (χ4v) is 4.20. The van der Waals surface area contributed by atoms with E-state index in [1.54, 1.807) is 18.2 Å². The quantitative estimate of drug-likeness (QED) is 0.868. The topological polar surface area (TPSA) is 75.3 Å². The molecule has 2 N–H and O–H groups in total. The Balaban J connectivity index is 2.21. The Morgan fingerprint density at radius 3 is 2.74 bits per heavy atom. The van der Waals surface area contributed by atoms with E-state index in [0.29, 0.717) is 17.4 Å². The van der Waals surface area contributed by atoms with Gasteiger partial charge in [-0.25, -0.2) is 8.42 Å². The maximum atomic E-state index is 12.3.